The minimum atomic E-state index is 0.888. The van der Waals surface area contributed by atoms with Crippen LogP contribution in [-0.4, -0.2) is 0 Å². The Labute approximate surface area is 241 Å². The highest BCUT2D eigenvalue weighted by Crippen LogP contribution is 2.49. The molecule has 0 radical (unpaired) electrons. The zero-order valence-corrected chi connectivity index (χ0v) is 22.5. The molecule has 0 bridgehead atoms. The first-order valence-corrected chi connectivity index (χ1v) is 14.3. The molecule has 42 heavy (non-hydrogen) atoms. The van der Waals surface area contributed by atoms with Crippen LogP contribution in [0, 0.1) is 0 Å². The predicted octanol–water partition coefficient (Wildman–Crippen LogP) is 11.6. The van der Waals surface area contributed by atoms with Crippen molar-refractivity contribution in [3.8, 4) is 44.5 Å². The molecule has 0 unspecified atom stereocenters. The van der Waals surface area contributed by atoms with Gasteiger partial charge in [0.15, 0.2) is 0 Å². The van der Waals surface area contributed by atoms with Gasteiger partial charge in [-0.15, -0.1) is 0 Å². The van der Waals surface area contributed by atoms with E-state index in [1.165, 1.54) is 44.2 Å². The normalized spacial score (nSPS) is 12.3. The highest BCUT2D eigenvalue weighted by molar-refractivity contribution is 6.19. The molecule has 0 saturated carbocycles. The Morgan fingerprint density at radius 1 is 0.310 bits per heavy atom. The molecule has 1 aliphatic carbocycles. The first kappa shape index (κ1) is 22.1. The Balaban J connectivity index is 1.17. The van der Waals surface area contributed by atoms with E-state index >= 15 is 0 Å². The minimum absolute atomic E-state index is 0.888. The molecule has 10 rings (SSSR count). The van der Waals surface area contributed by atoms with Gasteiger partial charge in [0.05, 0.1) is 0 Å². The third-order valence-electron chi connectivity index (χ3n) is 9.04. The minimum Gasteiger partial charge on any atom is -0.456 e. The van der Waals surface area contributed by atoms with Gasteiger partial charge in [-0.2, -0.15) is 0 Å². The molecule has 2 nitrogen and oxygen atoms in total. The highest BCUT2D eigenvalue weighted by atomic mass is 16.3. The number of furan rings is 2. The molecule has 194 valence electrons. The third kappa shape index (κ3) is 2.88. The Morgan fingerprint density at radius 2 is 0.857 bits per heavy atom. The highest BCUT2D eigenvalue weighted by Gasteiger charge is 2.22. The van der Waals surface area contributed by atoms with E-state index in [1.807, 2.05) is 12.1 Å². The first-order valence-electron chi connectivity index (χ1n) is 14.3. The summed E-state index contributed by atoms with van der Waals surface area (Å²) < 4.78 is 12.7. The van der Waals surface area contributed by atoms with Crippen LogP contribution in [0.5, 0.6) is 0 Å². The molecule has 2 aromatic heterocycles. The van der Waals surface area contributed by atoms with E-state index in [0.717, 1.165) is 55.0 Å². The zero-order valence-electron chi connectivity index (χ0n) is 22.5. The quantitative estimate of drug-likeness (QED) is 0.220. The smallest absolute Gasteiger partial charge is 0.143 e. The zero-order chi connectivity index (χ0) is 27.4. The van der Waals surface area contributed by atoms with Gasteiger partial charge >= 0.3 is 0 Å². The molecule has 9 aromatic rings. The van der Waals surface area contributed by atoms with Crippen LogP contribution < -0.4 is 0 Å². The van der Waals surface area contributed by atoms with Crippen LogP contribution in [0.4, 0.5) is 0 Å². The fourth-order valence-electron chi connectivity index (χ4n) is 7.15. The molecule has 2 heterocycles. The van der Waals surface area contributed by atoms with Crippen molar-refractivity contribution in [2.75, 3.05) is 0 Å². The summed E-state index contributed by atoms with van der Waals surface area (Å²) in [6.07, 6.45) is 0. The maximum atomic E-state index is 6.36. The largest absolute Gasteiger partial charge is 0.456 e. The van der Waals surface area contributed by atoms with E-state index < -0.39 is 0 Å². The maximum Gasteiger partial charge on any atom is 0.143 e. The first-order chi connectivity index (χ1) is 20.8. The molecule has 0 amide bonds. The number of para-hydroxylation sites is 2. The van der Waals surface area contributed by atoms with Gasteiger partial charge in [0.1, 0.15) is 22.3 Å². The van der Waals surface area contributed by atoms with Gasteiger partial charge in [-0.05, 0) is 80.0 Å². The van der Waals surface area contributed by atoms with Gasteiger partial charge in [0, 0.05) is 27.1 Å². The van der Waals surface area contributed by atoms with E-state index in [0.29, 0.717) is 0 Å². The average molecular weight is 535 g/mol. The number of hydrogen-bond acceptors (Lipinski definition) is 2. The molecule has 0 spiro atoms. The molecule has 2 heteroatoms. The number of benzene rings is 7. The van der Waals surface area contributed by atoms with Crippen molar-refractivity contribution in [3.63, 3.8) is 0 Å². The summed E-state index contributed by atoms with van der Waals surface area (Å²) in [6.45, 7) is 0. The summed E-state index contributed by atoms with van der Waals surface area (Å²) in [4.78, 5) is 0. The van der Waals surface area contributed by atoms with Crippen LogP contribution in [0.3, 0.4) is 0 Å². The Morgan fingerprint density at radius 3 is 1.64 bits per heavy atom. The van der Waals surface area contributed by atoms with Gasteiger partial charge < -0.3 is 8.83 Å². The summed E-state index contributed by atoms with van der Waals surface area (Å²) in [5.74, 6) is 0. The van der Waals surface area contributed by atoms with Gasteiger partial charge in [-0.1, -0.05) is 103 Å². The van der Waals surface area contributed by atoms with Crippen LogP contribution in [0.2, 0.25) is 0 Å². The summed E-state index contributed by atoms with van der Waals surface area (Å²) >= 11 is 0. The van der Waals surface area contributed by atoms with Gasteiger partial charge in [-0.25, -0.2) is 0 Å². The van der Waals surface area contributed by atoms with E-state index in [-0.39, 0.29) is 0 Å². The number of rotatable bonds is 2. The van der Waals surface area contributed by atoms with Gasteiger partial charge in [-0.3, -0.25) is 0 Å². The second kappa shape index (κ2) is 7.99. The molecular weight excluding hydrogens is 512 g/mol. The van der Waals surface area contributed by atoms with Crippen molar-refractivity contribution in [1.82, 2.24) is 0 Å². The van der Waals surface area contributed by atoms with Crippen LogP contribution in [0.1, 0.15) is 0 Å². The fraction of sp³-hybridized carbons (Fsp3) is 0. The summed E-state index contributed by atoms with van der Waals surface area (Å²) in [7, 11) is 0. The Bertz CT molecular complexity index is 2550. The second-order valence-corrected chi connectivity index (χ2v) is 11.2. The van der Waals surface area contributed by atoms with E-state index in [1.54, 1.807) is 0 Å². The maximum absolute atomic E-state index is 6.36. The van der Waals surface area contributed by atoms with Crippen molar-refractivity contribution in [1.29, 1.82) is 0 Å². The van der Waals surface area contributed by atoms with Crippen molar-refractivity contribution >= 4 is 54.6 Å². The van der Waals surface area contributed by atoms with Gasteiger partial charge in [0.25, 0.3) is 0 Å². The lowest BCUT2D eigenvalue weighted by Crippen LogP contribution is -1.83. The third-order valence-corrected chi connectivity index (χ3v) is 9.04. The lowest BCUT2D eigenvalue weighted by atomic mass is 9.93. The number of hydrogen-bond donors (Lipinski definition) is 0. The molecule has 0 saturated heterocycles. The summed E-state index contributed by atoms with van der Waals surface area (Å²) in [5, 5.41) is 7.13. The lowest BCUT2D eigenvalue weighted by molar-refractivity contribution is 0.668. The van der Waals surface area contributed by atoms with Crippen LogP contribution >= 0.6 is 0 Å². The second-order valence-electron chi connectivity index (χ2n) is 11.2. The molecular formula is C40H22O2. The summed E-state index contributed by atoms with van der Waals surface area (Å²) in [6, 6.07) is 47.7. The van der Waals surface area contributed by atoms with Crippen LogP contribution in [0.15, 0.2) is 142 Å². The molecule has 7 aromatic carbocycles. The molecule has 0 fully saturated rings. The van der Waals surface area contributed by atoms with Crippen LogP contribution in [-0.2, 0) is 0 Å². The van der Waals surface area contributed by atoms with Crippen molar-refractivity contribution in [3.05, 3.63) is 133 Å². The standard InChI is InChI=1S/C40H22O2/c1-2-8-28-27(7-1)31-12-6-11-30-25(17-18-32(28)39(30)31)23-15-19-37-34(21-23)35-22-24(16-20-38(35)41-37)26-10-5-13-33-29-9-3-4-14-36(29)42-40(26)33/h1-22H. The van der Waals surface area contributed by atoms with Crippen molar-refractivity contribution in [2.24, 2.45) is 0 Å². The Kier molecular flexibility index (Phi) is 4.21. The van der Waals surface area contributed by atoms with Crippen LogP contribution in [0.25, 0.3) is 99.2 Å². The fourth-order valence-corrected chi connectivity index (χ4v) is 7.15. The molecule has 1 aliphatic rings. The average Bonchev–Trinajstić information content (AvgIpc) is 3.71. The van der Waals surface area contributed by atoms with Crippen molar-refractivity contribution < 1.29 is 8.83 Å². The molecule has 0 aliphatic heterocycles. The van der Waals surface area contributed by atoms with E-state index in [2.05, 4.69) is 121 Å². The SMILES string of the molecule is c1ccc2c(c1)-c1cccc3c(-c4ccc5oc6ccc(-c7cccc8c7oc7ccccc78)cc6c5c4)ccc-2c13. The predicted molar refractivity (Wildman–Crippen MR) is 174 cm³/mol. The molecule has 0 N–H and O–H groups in total. The summed E-state index contributed by atoms with van der Waals surface area (Å²) in [5.41, 5.74) is 13.5. The molecule has 0 atom stereocenters. The van der Waals surface area contributed by atoms with E-state index in [9.17, 15) is 0 Å². The Hall–Kier alpha value is -5.60. The van der Waals surface area contributed by atoms with Gasteiger partial charge in [0.2, 0.25) is 0 Å². The van der Waals surface area contributed by atoms with Crippen molar-refractivity contribution in [2.45, 2.75) is 0 Å². The lowest BCUT2D eigenvalue weighted by Gasteiger charge is -2.10. The topological polar surface area (TPSA) is 26.3 Å². The number of fused-ring (bicyclic) bond motifs is 9. The van der Waals surface area contributed by atoms with E-state index in [4.69, 9.17) is 8.83 Å². The monoisotopic (exact) mass is 534 g/mol.